The van der Waals surface area contributed by atoms with E-state index in [1.165, 1.54) is 17.0 Å². The lowest BCUT2D eigenvalue weighted by molar-refractivity contribution is -0.113. The maximum absolute atomic E-state index is 12.1. The third-order valence-electron chi connectivity index (χ3n) is 3.03. The lowest BCUT2D eigenvalue weighted by Crippen LogP contribution is -2.25. The first kappa shape index (κ1) is 15.2. The lowest BCUT2D eigenvalue weighted by Gasteiger charge is -2.09. The van der Waals surface area contributed by atoms with E-state index in [1.807, 2.05) is 26.0 Å². The number of carbonyl (C=O) groups excluding carboxylic acids is 1. The number of hydrogen-bond donors (Lipinski definition) is 1. The molecular formula is C14H17N3O3S. The Labute approximate surface area is 123 Å². The van der Waals surface area contributed by atoms with Crippen molar-refractivity contribution in [1.29, 1.82) is 0 Å². The van der Waals surface area contributed by atoms with Gasteiger partial charge in [-0.3, -0.25) is 4.79 Å². The fraction of sp³-hybridized carbons (Fsp3) is 0.286. The summed E-state index contributed by atoms with van der Waals surface area (Å²) in [6.07, 6.45) is 2.91. The number of aryl methyl sites for hydroxylation is 3. The highest BCUT2D eigenvalue weighted by molar-refractivity contribution is 7.92. The number of sulfone groups is 1. The lowest BCUT2D eigenvalue weighted by atomic mass is 10.1. The second-order valence-corrected chi connectivity index (χ2v) is 6.83. The molecule has 0 aliphatic heterocycles. The SMILES string of the molecule is Cc1ccc(NC(=O)CS(=O)(=O)c2nccn2C)c(C)c1. The highest BCUT2D eigenvalue weighted by Gasteiger charge is 2.23. The monoisotopic (exact) mass is 307 g/mol. The predicted molar refractivity (Wildman–Crippen MR) is 79.8 cm³/mol. The Kier molecular flexibility index (Phi) is 4.13. The van der Waals surface area contributed by atoms with E-state index >= 15 is 0 Å². The third kappa shape index (κ3) is 3.49. The summed E-state index contributed by atoms with van der Waals surface area (Å²) < 4.78 is 25.6. The minimum atomic E-state index is -3.75. The molecule has 2 rings (SSSR count). The van der Waals surface area contributed by atoms with Crippen LogP contribution >= 0.6 is 0 Å². The minimum Gasteiger partial charge on any atom is -0.325 e. The highest BCUT2D eigenvalue weighted by atomic mass is 32.2. The zero-order valence-corrected chi connectivity index (χ0v) is 12.9. The van der Waals surface area contributed by atoms with Crippen molar-refractivity contribution in [2.24, 2.45) is 7.05 Å². The first-order valence-electron chi connectivity index (χ1n) is 6.37. The van der Waals surface area contributed by atoms with E-state index < -0.39 is 21.5 Å². The Hall–Kier alpha value is -2.15. The summed E-state index contributed by atoms with van der Waals surface area (Å²) >= 11 is 0. The van der Waals surface area contributed by atoms with Crippen LogP contribution in [0.25, 0.3) is 0 Å². The Morgan fingerprint density at radius 2 is 2.05 bits per heavy atom. The number of amides is 1. The van der Waals surface area contributed by atoms with Crippen molar-refractivity contribution < 1.29 is 13.2 Å². The fourth-order valence-corrected chi connectivity index (χ4v) is 3.30. The van der Waals surface area contributed by atoms with Crippen LogP contribution in [-0.2, 0) is 21.7 Å². The topological polar surface area (TPSA) is 81.1 Å². The summed E-state index contributed by atoms with van der Waals surface area (Å²) in [5.74, 6) is -1.21. The van der Waals surface area contributed by atoms with Crippen molar-refractivity contribution in [3.8, 4) is 0 Å². The number of benzene rings is 1. The maximum atomic E-state index is 12.1. The number of anilines is 1. The summed E-state index contributed by atoms with van der Waals surface area (Å²) in [5, 5.41) is 2.51. The third-order valence-corrected chi connectivity index (χ3v) is 4.62. The molecule has 0 aliphatic carbocycles. The largest absolute Gasteiger partial charge is 0.325 e. The van der Waals surface area contributed by atoms with Crippen molar-refractivity contribution in [2.75, 3.05) is 11.1 Å². The molecule has 1 amide bonds. The zero-order chi connectivity index (χ0) is 15.6. The number of aromatic nitrogens is 2. The van der Waals surface area contributed by atoms with Crippen molar-refractivity contribution >= 4 is 21.4 Å². The predicted octanol–water partition coefficient (Wildman–Crippen LogP) is 1.45. The standard InChI is InChI=1S/C14H17N3O3S/c1-10-4-5-12(11(2)8-10)16-13(18)9-21(19,20)14-15-6-7-17(14)3/h4-8H,9H2,1-3H3,(H,16,18). The summed E-state index contributed by atoms with van der Waals surface area (Å²) in [6, 6.07) is 5.54. The second-order valence-electron chi connectivity index (χ2n) is 4.95. The van der Waals surface area contributed by atoms with Crippen LogP contribution in [0.2, 0.25) is 0 Å². The Bertz CT molecular complexity index is 779. The van der Waals surface area contributed by atoms with Gasteiger partial charge in [0.05, 0.1) is 0 Å². The number of imidazole rings is 1. The maximum Gasteiger partial charge on any atom is 0.240 e. The van der Waals surface area contributed by atoms with Crippen LogP contribution in [0.15, 0.2) is 35.7 Å². The van der Waals surface area contributed by atoms with Crippen LogP contribution in [0.1, 0.15) is 11.1 Å². The molecule has 0 radical (unpaired) electrons. The van der Waals surface area contributed by atoms with Gasteiger partial charge in [0.1, 0.15) is 5.75 Å². The van der Waals surface area contributed by atoms with Crippen molar-refractivity contribution in [3.05, 3.63) is 41.7 Å². The van der Waals surface area contributed by atoms with Crippen LogP contribution in [0, 0.1) is 13.8 Å². The average molecular weight is 307 g/mol. The van der Waals surface area contributed by atoms with Gasteiger partial charge in [-0.15, -0.1) is 0 Å². The second kappa shape index (κ2) is 5.69. The molecule has 1 heterocycles. The molecule has 21 heavy (non-hydrogen) atoms. The molecule has 6 nitrogen and oxygen atoms in total. The Morgan fingerprint density at radius 1 is 1.33 bits per heavy atom. The first-order valence-corrected chi connectivity index (χ1v) is 8.02. The van der Waals surface area contributed by atoms with Crippen LogP contribution in [0.5, 0.6) is 0 Å². The number of nitrogens with one attached hydrogen (secondary N) is 1. The summed E-state index contributed by atoms with van der Waals surface area (Å²) in [4.78, 5) is 15.7. The molecule has 0 atom stereocenters. The van der Waals surface area contributed by atoms with E-state index in [2.05, 4.69) is 10.3 Å². The van der Waals surface area contributed by atoms with Crippen LogP contribution in [0.4, 0.5) is 5.69 Å². The van der Waals surface area contributed by atoms with Gasteiger partial charge in [0.15, 0.2) is 0 Å². The molecule has 0 unspecified atom stereocenters. The summed E-state index contributed by atoms with van der Waals surface area (Å²) in [7, 11) is -2.18. The number of carbonyl (C=O) groups is 1. The molecule has 0 fully saturated rings. The van der Waals surface area contributed by atoms with Crippen LogP contribution in [0.3, 0.4) is 0 Å². The minimum absolute atomic E-state index is 0.113. The number of nitrogens with zero attached hydrogens (tertiary/aromatic N) is 2. The molecule has 1 aromatic carbocycles. The van der Waals surface area contributed by atoms with Gasteiger partial charge in [0.2, 0.25) is 20.9 Å². The molecule has 0 saturated heterocycles. The Morgan fingerprint density at radius 3 is 2.62 bits per heavy atom. The summed E-state index contributed by atoms with van der Waals surface area (Å²) in [6.45, 7) is 3.81. The molecule has 1 N–H and O–H groups in total. The molecule has 2 aromatic rings. The van der Waals surface area contributed by atoms with Gasteiger partial charge in [0.25, 0.3) is 0 Å². The van der Waals surface area contributed by atoms with Gasteiger partial charge >= 0.3 is 0 Å². The zero-order valence-electron chi connectivity index (χ0n) is 12.1. The van der Waals surface area contributed by atoms with Gasteiger partial charge < -0.3 is 9.88 Å². The molecule has 0 aliphatic rings. The first-order chi connectivity index (χ1) is 9.79. The van der Waals surface area contributed by atoms with Gasteiger partial charge in [-0.1, -0.05) is 17.7 Å². The smallest absolute Gasteiger partial charge is 0.240 e. The van der Waals surface area contributed by atoms with E-state index in [9.17, 15) is 13.2 Å². The quantitative estimate of drug-likeness (QED) is 0.927. The van der Waals surface area contributed by atoms with Gasteiger partial charge in [-0.05, 0) is 25.5 Å². The van der Waals surface area contributed by atoms with Crippen molar-refractivity contribution in [2.45, 2.75) is 19.0 Å². The average Bonchev–Trinajstić information content (AvgIpc) is 2.79. The van der Waals surface area contributed by atoms with E-state index in [1.54, 1.807) is 13.1 Å². The van der Waals surface area contributed by atoms with E-state index in [0.29, 0.717) is 5.69 Å². The fourth-order valence-electron chi connectivity index (χ4n) is 2.03. The van der Waals surface area contributed by atoms with Gasteiger partial charge in [-0.25, -0.2) is 13.4 Å². The molecule has 112 valence electrons. The normalized spacial score (nSPS) is 11.4. The van der Waals surface area contributed by atoms with Crippen LogP contribution in [-0.4, -0.2) is 29.6 Å². The molecule has 0 bridgehead atoms. The molecule has 0 saturated carbocycles. The molecule has 0 spiro atoms. The van der Waals surface area contributed by atoms with Gasteiger partial charge in [-0.2, -0.15) is 0 Å². The number of rotatable bonds is 4. The molecular weight excluding hydrogens is 290 g/mol. The van der Waals surface area contributed by atoms with Crippen molar-refractivity contribution in [1.82, 2.24) is 9.55 Å². The van der Waals surface area contributed by atoms with Gasteiger partial charge in [0, 0.05) is 25.1 Å². The van der Waals surface area contributed by atoms with Crippen LogP contribution < -0.4 is 5.32 Å². The van der Waals surface area contributed by atoms with E-state index in [0.717, 1.165) is 11.1 Å². The molecule has 1 aromatic heterocycles. The molecule has 7 heteroatoms. The highest BCUT2D eigenvalue weighted by Crippen LogP contribution is 2.16. The van der Waals surface area contributed by atoms with E-state index in [4.69, 9.17) is 0 Å². The number of hydrogen-bond acceptors (Lipinski definition) is 4. The summed E-state index contributed by atoms with van der Waals surface area (Å²) in [5.41, 5.74) is 2.57. The van der Waals surface area contributed by atoms with E-state index in [-0.39, 0.29) is 5.16 Å². The Balaban J connectivity index is 2.13. The van der Waals surface area contributed by atoms with Crippen molar-refractivity contribution in [3.63, 3.8) is 0 Å².